The molecule has 0 N–H and O–H groups in total. The molecule has 0 spiro atoms. The van der Waals surface area contributed by atoms with Gasteiger partial charge in [0.15, 0.2) is 11.6 Å². The molecule has 0 unspecified atom stereocenters. The van der Waals surface area contributed by atoms with Crippen molar-refractivity contribution in [2.45, 2.75) is 0 Å². The summed E-state index contributed by atoms with van der Waals surface area (Å²) in [7, 11) is 0. The molecule has 0 fully saturated rings. The molecule has 0 bridgehead atoms. The van der Waals surface area contributed by atoms with Crippen molar-refractivity contribution < 1.29 is 9.59 Å². The van der Waals surface area contributed by atoms with Crippen LogP contribution in [0.15, 0.2) is 36.4 Å². The summed E-state index contributed by atoms with van der Waals surface area (Å²) in [5.41, 5.74) is 1.01. The minimum absolute atomic E-state index is 0. The zero-order valence-corrected chi connectivity index (χ0v) is 9.28. The van der Waals surface area contributed by atoms with E-state index < -0.39 is 0 Å². The molecule has 2 nitrogen and oxygen atoms in total. The molecule has 0 saturated heterocycles. The van der Waals surface area contributed by atoms with Crippen molar-refractivity contribution in [3.8, 4) is 0 Å². The SMILES string of the molecule is O=C1C=CC(=O)c2ccccc21.[Na]. The van der Waals surface area contributed by atoms with Crippen molar-refractivity contribution in [3.05, 3.63) is 47.5 Å². The average molecular weight is 181 g/mol. The summed E-state index contributed by atoms with van der Waals surface area (Å²) in [4.78, 5) is 22.4. The van der Waals surface area contributed by atoms with Crippen molar-refractivity contribution in [1.29, 1.82) is 0 Å². The zero-order chi connectivity index (χ0) is 8.55. The monoisotopic (exact) mass is 181 g/mol. The Morgan fingerprint density at radius 1 is 0.769 bits per heavy atom. The molecule has 0 aliphatic heterocycles. The maximum Gasteiger partial charge on any atom is 0.186 e. The van der Waals surface area contributed by atoms with Crippen molar-refractivity contribution >= 4 is 41.1 Å². The second-order valence-electron chi connectivity index (χ2n) is 2.61. The second-order valence-corrected chi connectivity index (χ2v) is 2.61. The van der Waals surface area contributed by atoms with Gasteiger partial charge in [0.05, 0.1) is 0 Å². The van der Waals surface area contributed by atoms with E-state index in [4.69, 9.17) is 0 Å². The van der Waals surface area contributed by atoms with Gasteiger partial charge >= 0.3 is 0 Å². The van der Waals surface area contributed by atoms with Gasteiger partial charge in [-0.2, -0.15) is 0 Å². The molecular weight excluding hydrogens is 175 g/mol. The fraction of sp³-hybridized carbons (Fsp3) is 0. The van der Waals surface area contributed by atoms with Gasteiger partial charge in [-0.05, 0) is 12.2 Å². The normalized spacial score (nSPS) is 13.5. The molecule has 0 saturated carbocycles. The first-order chi connectivity index (χ1) is 5.79. The van der Waals surface area contributed by atoms with E-state index in [1.54, 1.807) is 24.3 Å². The first-order valence-electron chi connectivity index (χ1n) is 3.65. The Morgan fingerprint density at radius 2 is 1.15 bits per heavy atom. The fourth-order valence-electron chi connectivity index (χ4n) is 1.24. The standard InChI is InChI=1S/C10H6O2.Na/c11-9-5-6-10(12)8-4-2-1-3-7(8)9;/h1-6H;. The van der Waals surface area contributed by atoms with Crippen LogP contribution in [0.2, 0.25) is 0 Å². The minimum atomic E-state index is -0.0924. The Kier molecular flexibility index (Phi) is 3.20. The molecule has 0 atom stereocenters. The van der Waals surface area contributed by atoms with Crippen LogP contribution in [0, 0.1) is 0 Å². The van der Waals surface area contributed by atoms with Crippen LogP contribution in [0.4, 0.5) is 0 Å². The minimum Gasteiger partial charge on any atom is -0.289 e. The number of hydrogen-bond acceptors (Lipinski definition) is 2. The molecule has 1 radical (unpaired) electrons. The molecule has 0 heterocycles. The molecule has 13 heavy (non-hydrogen) atoms. The largest absolute Gasteiger partial charge is 0.289 e. The summed E-state index contributed by atoms with van der Waals surface area (Å²) < 4.78 is 0. The Labute approximate surface area is 97.9 Å². The van der Waals surface area contributed by atoms with Crippen molar-refractivity contribution in [3.63, 3.8) is 0 Å². The first kappa shape index (κ1) is 10.4. The summed E-state index contributed by atoms with van der Waals surface area (Å²) in [5, 5.41) is 0. The van der Waals surface area contributed by atoms with E-state index in [0.29, 0.717) is 11.1 Å². The van der Waals surface area contributed by atoms with Gasteiger partial charge in [0, 0.05) is 40.7 Å². The van der Waals surface area contributed by atoms with Gasteiger partial charge in [-0.15, -0.1) is 0 Å². The topological polar surface area (TPSA) is 34.1 Å². The van der Waals surface area contributed by atoms with Crippen LogP contribution >= 0.6 is 0 Å². The van der Waals surface area contributed by atoms with Crippen LogP contribution < -0.4 is 0 Å². The van der Waals surface area contributed by atoms with Gasteiger partial charge in [-0.3, -0.25) is 9.59 Å². The second kappa shape index (κ2) is 4.01. The molecule has 1 aromatic rings. The van der Waals surface area contributed by atoms with Crippen molar-refractivity contribution in [2.24, 2.45) is 0 Å². The van der Waals surface area contributed by atoms with Crippen molar-refractivity contribution in [1.82, 2.24) is 0 Å². The molecule has 3 heteroatoms. The number of carbonyl (C=O) groups excluding carboxylic acids is 2. The fourth-order valence-corrected chi connectivity index (χ4v) is 1.24. The molecule has 1 aliphatic rings. The summed E-state index contributed by atoms with van der Waals surface area (Å²) in [6.07, 6.45) is 2.62. The summed E-state index contributed by atoms with van der Waals surface area (Å²) in [6.45, 7) is 0. The zero-order valence-electron chi connectivity index (χ0n) is 7.28. The van der Waals surface area contributed by atoms with Crippen LogP contribution in [0.5, 0.6) is 0 Å². The van der Waals surface area contributed by atoms with Crippen LogP contribution in [0.3, 0.4) is 0 Å². The number of benzene rings is 1. The third-order valence-electron chi connectivity index (χ3n) is 1.84. The van der Waals surface area contributed by atoms with Gasteiger partial charge in [-0.25, -0.2) is 0 Å². The summed E-state index contributed by atoms with van der Waals surface area (Å²) >= 11 is 0. The molecule has 2 rings (SSSR count). The molecule has 1 aliphatic carbocycles. The molecule has 0 amide bonds. The van der Waals surface area contributed by atoms with Crippen molar-refractivity contribution in [2.75, 3.05) is 0 Å². The predicted octanol–water partition coefficient (Wildman–Crippen LogP) is 1.24. The van der Waals surface area contributed by atoms with E-state index in [9.17, 15) is 9.59 Å². The molecule has 0 aromatic heterocycles. The van der Waals surface area contributed by atoms with Gasteiger partial charge in [-0.1, -0.05) is 24.3 Å². The summed E-state index contributed by atoms with van der Waals surface area (Å²) in [6, 6.07) is 6.84. The van der Waals surface area contributed by atoms with E-state index in [0.717, 1.165) is 0 Å². The Bertz CT molecular complexity index is 357. The number of rotatable bonds is 0. The van der Waals surface area contributed by atoms with Crippen LogP contribution in [0.25, 0.3) is 0 Å². The van der Waals surface area contributed by atoms with Gasteiger partial charge < -0.3 is 0 Å². The Balaban J connectivity index is 0.000000845. The van der Waals surface area contributed by atoms with Gasteiger partial charge in [0.2, 0.25) is 0 Å². The van der Waals surface area contributed by atoms with Crippen LogP contribution in [0.1, 0.15) is 20.7 Å². The third kappa shape index (κ3) is 1.80. The number of carbonyl (C=O) groups is 2. The van der Waals surface area contributed by atoms with E-state index in [1.165, 1.54) is 12.2 Å². The van der Waals surface area contributed by atoms with E-state index >= 15 is 0 Å². The number of allylic oxidation sites excluding steroid dienone is 2. The Hall–Kier alpha value is -0.700. The third-order valence-corrected chi connectivity index (χ3v) is 1.84. The number of fused-ring (bicyclic) bond motifs is 1. The number of hydrogen-bond donors (Lipinski definition) is 0. The van der Waals surface area contributed by atoms with Gasteiger partial charge in [0.1, 0.15) is 0 Å². The Morgan fingerprint density at radius 3 is 1.54 bits per heavy atom. The summed E-state index contributed by atoms with van der Waals surface area (Å²) in [5.74, 6) is -0.185. The quantitative estimate of drug-likeness (QED) is 0.564. The smallest absolute Gasteiger partial charge is 0.186 e. The predicted molar refractivity (Wildman–Crippen MR) is 50.0 cm³/mol. The van der Waals surface area contributed by atoms with Crippen LogP contribution in [-0.2, 0) is 0 Å². The molecule has 1 aromatic carbocycles. The maximum atomic E-state index is 11.2. The molecule has 59 valence electrons. The van der Waals surface area contributed by atoms with E-state index in [2.05, 4.69) is 0 Å². The average Bonchev–Trinajstić information content (AvgIpc) is 2.12. The number of ketones is 2. The van der Waals surface area contributed by atoms with Crippen LogP contribution in [-0.4, -0.2) is 41.1 Å². The maximum absolute atomic E-state index is 11.2. The van der Waals surface area contributed by atoms with E-state index in [-0.39, 0.29) is 41.1 Å². The van der Waals surface area contributed by atoms with E-state index in [1.807, 2.05) is 0 Å². The molecular formula is C10H6NaO2. The van der Waals surface area contributed by atoms with Gasteiger partial charge in [0.25, 0.3) is 0 Å². The first-order valence-corrected chi connectivity index (χ1v) is 3.65.